The van der Waals surface area contributed by atoms with Crippen molar-refractivity contribution in [3.8, 4) is 0 Å². The van der Waals surface area contributed by atoms with Crippen LogP contribution in [0.2, 0.25) is 0 Å². The van der Waals surface area contributed by atoms with Crippen molar-refractivity contribution in [2.75, 3.05) is 5.32 Å². The van der Waals surface area contributed by atoms with Crippen molar-refractivity contribution < 1.29 is 19.3 Å². The fraction of sp³-hybridized carbons (Fsp3) is 0.0455. The third kappa shape index (κ3) is 4.41. The minimum Gasteiger partial charge on any atom is -0.322 e. The van der Waals surface area contributed by atoms with Crippen LogP contribution in [0.3, 0.4) is 0 Å². The summed E-state index contributed by atoms with van der Waals surface area (Å²) in [6.45, 7) is 1.65. The molecule has 0 saturated carbocycles. The molecule has 7 nitrogen and oxygen atoms in total. The first-order valence-corrected chi connectivity index (χ1v) is 8.67. The third-order valence-electron chi connectivity index (χ3n) is 4.32. The highest BCUT2D eigenvalue weighted by Crippen LogP contribution is 2.22. The van der Waals surface area contributed by atoms with E-state index in [9.17, 15) is 24.5 Å². The van der Waals surface area contributed by atoms with Gasteiger partial charge >= 0.3 is 0 Å². The van der Waals surface area contributed by atoms with Crippen molar-refractivity contribution in [3.05, 3.63) is 105 Å². The van der Waals surface area contributed by atoms with Gasteiger partial charge in [0.25, 0.3) is 11.6 Å². The van der Waals surface area contributed by atoms with Gasteiger partial charge < -0.3 is 5.32 Å². The average Bonchev–Trinajstić information content (AvgIpc) is 2.74. The highest BCUT2D eigenvalue weighted by atomic mass is 16.6. The molecule has 0 unspecified atom stereocenters. The molecule has 1 N–H and O–H groups in total. The number of hydrogen-bond donors (Lipinski definition) is 1. The highest BCUT2D eigenvalue weighted by molar-refractivity contribution is 6.49. The number of Topliss-reactive ketones (excluding diaryl/α,β-unsaturated/α-hetero) is 2. The molecule has 7 heteroatoms. The summed E-state index contributed by atoms with van der Waals surface area (Å²) < 4.78 is 0. The number of amides is 1. The topological polar surface area (TPSA) is 106 Å². The van der Waals surface area contributed by atoms with Crippen LogP contribution in [0.5, 0.6) is 0 Å². The molecule has 0 aliphatic rings. The monoisotopic (exact) mass is 388 g/mol. The lowest BCUT2D eigenvalue weighted by molar-refractivity contribution is -0.384. The van der Waals surface area contributed by atoms with Gasteiger partial charge in [-0.05, 0) is 30.7 Å². The summed E-state index contributed by atoms with van der Waals surface area (Å²) in [7, 11) is 0. The average molecular weight is 388 g/mol. The van der Waals surface area contributed by atoms with Crippen LogP contribution in [0.4, 0.5) is 11.4 Å². The number of nitro benzene ring substituents is 1. The Bertz CT molecular complexity index is 1110. The van der Waals surface area contributed by atoms with Gasteiger partial charge in [0.2, 0.25) is 11.6 Å². The number of nitro groups is 1. The number of non-ortho nitro benzene ring substituents is 1. The molecule has 0 aliphatic carbocycles. The molecule has 0 atom stereocenters. The molecule has 0 heterocycles. The summed E-state index contributed by atoms with van der Waals surface area (Å²) in [6.07, 6.45) is 0. The molecule has 0 radical (unpaired) electrons. The van der Waals surface area contributed by atoms with Gasteiger partial charge in [-0.2, -0.15) is 0 Å². The van der Waals surface area contributed by atoms with E-state index < -0.39 is 22.4 Å². The lowest BCUT2D eigenvalue weighted by Crippen LogP contribution is -2.16. The minimum absolute atomic E-state index is 0.0635. The number of hydrogen-bond acceptors (Lipinski definition) is 5. The molecule has 3 rings (SSSR count). The Balaban J connectivity index is 1.73. The summed E-state index contributed by atoms with van der Waals surface area (Å²) in [5.74, 6) is -1.71. The molecule has 1 amide bonds. The van der Waals surface area contributed by atoms with Crippen LogP contribution in [-0.4, -0.2) is 22.4 Å². The number of aryl methyl sites for hydroxylation is 1. The van der Waals surface area contributed by atoms with Crippen LogP contribution >= 0.6 is 0 Å². The van der Waals surface area contributed by atoms with E-state index in [0.717, 1.165) is 0 Å². The van der Waals surface area contributed by atoms with Gasteiger partial charge in [0.1, 0.15) is 0 Å². The van der Waals surface area contributed by atoms with Gasteiger partial charge in [0.05, 0.1) is 4.92 Å². The van der Waals surface area contributed by atoms with Crippen LogP contribution in [-0.2, 0) is 0 Å². The maximum atomic E-state index is 12.4. The van der Waals surface area contributed by atoms with E-state index >= 15 is 0 Å². The first-order valence-electron chi connectivity index (χ1n) is 8.67. The second-order valence-electron chi connectivity index (χ2n) is 6.31. The van der Waals surface area contributed by atoms with E-state index in [1.54, 1.807) is 37.3 Å². The molecule has 3 aromatic rings. The Morgan fingerprint density at radius 3 is 1.90 bits per heavy atom. The maximum absolute atomic E-state index is 12.4. The smallest absolute Gasteiger partial charge is 0.269 e. The predicted octanol–water partition coefficient (Wildman–Crippen LogP) is 4.22. The highest BCUT2D eigenvalue weighted by Gasteiger charge is 2.18. The Labute approximate surface area is 166 Å². The maximum Gasteiger partial charge on any atom is 0.269 e. The van der Waals surface area contributed by atoms with E-state index in [2.05, 4.69) is 5.32 Å². The number of anilines is 1. The molecule has 3 aromatic carbocycles. The van der Waals surface area contributed by atoms with Crippen molar-refractivity contribution in [1.82, 2.24) is 0 Å². The standard InChI is InChI=1S/C22H16N2O5/c1-14-13-18(24(28)29)11-12-19(14)23-22(27)17-9-7-16(8-10-17)21(26)20(25)15-5-3-2-4-6-15/h2-13H,1H3,(H,23,27). The van der Waals surface area contributed by atoms with E-state index in [4.69, 9.17) is 0 Å². The number of ketones is 2. The van der Waals surface area contributed by atoms with Gasteiger partial charge in [-0.3, -0.25) is 24.5 Å². The Morgan fingerprint density at radius 2 is 1.34 bits per heavy atom. The molecule has 0 fully saturated rings. The van der Waals surface area contributed by atoms with E-state index in [1.807, 2.05) is 0 Å². The molecule has 0 saturated heterocycles. The number of benzene rings is 3. The molecule has 0 aliphatic heterocycles. The van der Waals surface area contributed by atoms with E-state index in [-0.39, 0.29) is 16.8 Å². The predicted molar refractivity (Wildman–Crippen MR) is 107 cm³/mol. The van der Waals surface area contributed by atoms with Crippen LogP contribution in [0.25, 0.3) is 0 Å². The molecular weight excluding hydrogens is 372 g/mol. The quantitative estimate of drug-likeness (QED) is 0.294. The lowest BCUT2D eigenvalue weighted by Gasteiger charge is -2.09. The Kier molecular flexibility index (Phi) is 5.59. The molecule has 0 spiro atoms. The molecular formula is C22H16N2O5. The van der Waals surface area contributed by atoms with Crippen molar-refractivity contribution >= 4 is 28.8 Å². The largest absolute Gasteiger partial charge is 0.322 e. The fourth-order valence-electron chi connectivity index (χ4n) is 2.72. The van der Waals surface area contributed by atoms with Crippen LogP contribution < -0.4 is 5.32 Å². The Hall–Kier alpha value is -4.13. The van der Waals surface area contributed by atoms with E-state index in [1.165, 1.54) is 42.5 Å². The van der Waals surface area contributed by atoms with Gasteiger partial charge in [0.15, 0.2) is 0 Å². The minimum atomic E-state index is -0.658. The van der Waals surface area contributed by atoms with Crippen LogP contribution in [0.1, 0.15) is 36.6 Å². The summed E-state index contributed by atoms with van der Waals surface area (Å²) >= 11 is 0. The normalized spacial score (nSPS) is 10.2. The summed E-state index contributed by atoms with van der Waals surface area (Å²) in [5, 5.41) is 13.5. The molecule has 0 aromatic heterocycles. The van der Waals surface area contributed by atoms with Crippen LogP contribution in [0.15, 0.2) is 72.8 Å². The second kappa shape index (κ2) is 8.26. The zero-order valence-electron chi connectivity index (χ0n) is 15.4. The number of nitrogens with one attached hydrogen (secondary N) is 1. The molecule has 0 bridgehead atoms. The first-order chi connectivity index (χ1) is 13.9. The zero-order chi connectivity index (χ0) is 21.0. The second-order valence-corrected chi connectivity index (χ2v) is 6.31. The number of nitrogens with zero attached hydrogens (tertiary/aromatic N) is 1. The van der Waals surface area contributed by atoms with Crippen molar-refractivity contribution in [3.63, 3.8) is 0 Å². The summed E-state index contributed by atoms with van der Waals surface area (Å²) in [4.78, 5) is 47.3. The zero-order valence-corrected chi connectivity index (χ0v) is 15.4. The number of carbonyl (C=O) groups excluding carboxylic acids is 3. The third-order valence-corrected chi connectivity index (χ3v) is 4.32. The lowest BCUT2D eigenvalue weighted by atomic mass is 10.0. The summed E-state index contributed by atoms with van der Waals surface area (Å²) in [5.41, 5.74) is 1.70. The van der Waals surface area contributed by atoms with Crippen LogP contribution in [0, 0.1) is 17.0 Å². The fourth-order valence-corrected chi connectivity index (χ4v) is 2.72. The van der Waals surface area contributed by atoms with Gasteiger partial charge in [0, 0.05) is 34.5 Å². The van der Waals surface area contributed by atoms with Gasteiger partial charge in [-0.25, -0.2) is 0 Å². The number of carbonyl (C=O) groups is 3. The van der Waals surface area contributed by atoms with Gasteiger partial charge in [-0.1, -0.05) is 42.5 Å². The number of rotatable bonds is 6. The molecule has 144 valence electrons. The van der Waals surface area contributed by atoms with Gasteiger partial charge in [-0.15, -0.1) is 0 Å². The molecule has 29 heavy (non-hydrogen) atoms. The van der Waals surface area contributed by atoms with Crippen molar-refractivity contribution in [2.24, 2.45) is 0 Å². The first kappa shape index (κ1) is 19.6. The van der Waals surface area contributed by atoms with E-state index in [0.29, 0.717) is 16.8 Å². The SMILES string of the molecule is Cc1cc([N+](=O)[O-])ccc1NC(=O)c1ccc(C(=O)C(=O)c2ccccc2)cc1. The van der Waals surface area contributed by atoms with Crippen molar-refractivity contribution in [2.45, 2.75) is 6.92 Å². The van der Waals surface area contributed by atoms with Crippen molar-refractivity contribution in [1.29, 1.82) is 0 Å². The summed E-state index contributed by atoms with van der Waals surface area (Å²) in [6, 6.07) is 18.1. The Morgan fingerprint density at radius 1 is 0.793 bits per heavy atom.